The quantitative estimate of drug-likeness (QED) is 0.786. The minimum absolute atomic E-state index is 0.587. The Labute approximate surface area is 131 Å². The molecule has 1 N–H and O–H groups in total. The van der Waals surface area contributed by atoms with Gasteiger partial charge in [0.2, 0.25) is 0 Å². The molecule has 1 heterocycles. The van der Waals surface area contributed by atoms with Crippen LogP contribution in [0.15, 0.2) is 42.5 Å². The van der Waals surface area contributed by atoms with E-state index in [4.69, 9.17) is 16.3 Å². The topological polar surface area (TPSA) is 21.3 Å². The summed E-state index contributed by atoms with van der Waals surface area (Å²) in [5, 5.41) is 4.16. The molecule has 21 heavy (non-hydrogen) atoms. The maximum absolute atomic E-state index is 6.00. The molecule has 1 unspecified atom stereocenters. The van der Waals surface area contributed by atoms with Crippen LogP contribution in [-0.4, -0.2) is 6.54 Å². The normalized spacial score (nSPS) is 17.2. The van der Waals surface area contributed by atoms with E-state index in [1.54, 1.807) is 0 Å². The maximum Gasteiger partial charge on any atom is 0.128 e. The van der Waals surface area contributed by atoms with E-state index in [1.807, 2.05) is 30.3 Å². The van der Waals surface area contributed by atoms with Gasteiger partial charge in [0.25, 0.3) is 0 Å². The molecule has 1 atom stereocenters. The number of ether oxygens (including phenoxy) is 1. The monoisotopic (exact) mass is 301 g/mol. The predicted molar refractivity (Wildman–Crippen MR) is 88.7 cm³/mol. The summed E-state index contributed by atoms with van der Waals surface area (Å²) in [4.78, 5) is 0. The Kier molecular flexibility index (Phi) is 4.07. The van der Waals surface area contributed by atoms with Gasteiger partial charge in [-0.3, -0.25) is 0 Å². The van der Waals surface area contributed by atoms with Gasteiger partial charge in [0, 0.05) is 17.3 Å². The van der Waals surface area contributed by atoms with Crippen LogP contribution in [0.3, 0.4) is 0 Å². The predicted octanol–water partition coefficient (Wildman–Crippen LogP) is 5.69. The molecule has 0 amide bonds. The minimum Gasteiger partial charge on any atom is -0.457 e. The summed E-state index contributed by atoms with van der Waals surface area (Å²) in [7, 11) is 0. The number of anilines is 1. The number of hydrogen-bond donors (Lipinski definition) is 1. The largest absolute Gasteiger partial charge is 0.457 e. The van der Waals surface area contributed by atoms with Gasteiger partial charge in [-0.25, -0.2) is 0 Å². The molecule has 0 aliphatic carbocycles. The Morgan fingerprint density at radius 3 is 2.71 bits per heavy atom. The molecule has 2 aromatic rings. The molecular weight excluding hydrogens is 282 g/mol. The molecule has 110 valence electrons. The fraction of sp³-hybridized carbons (Fsp3) is 0.333. The van der Waals surface area contributed by atoms with Crippen LogP contribution in [0.25, 0.3) is 0 Å². The van der Waals surface area contributed by atoms with Crippen LogP contribution < -0.4 is 10.1 Å². The van der Waals surface area contributed by atoms with E-state index in [2.05, 4.69) is 31.3 Å². The third-order valence-corrected chi connectivity index (χ3v) is 4.26. The lowest BCUT2D eigenvalue weighted by molar-refractivity contribution is 0.458. The van der Waals surface area contributed by atoms with Crippen LogP contribution >= 0.6 is 11.6 Å². The van der Waals surface area contributed by atoms with Gasteiger partial charge in [-0.1, -0.05) is 31.5 Å². The van der Waals surface area contributed by atoms with Gasteiger partial charge in [-0.05, 0) is 60.2 Å². The van der Waals surface area contributed by atoms with Crippen LogP contribution in [0, 0.1) is 5.92 Å². The van der Waals surface area contributed by atoms with Crippen molar-refractivity contribution < 1.29 is 4.74 Å². The molecule has 0 bridgehead atoms. The van der Waals surface area contributed by atoms with Gasteiger partial charge in [-0.15, -0.1) is 0 Å². The molecule has 0 aromatic heterocycles. The second kappa shape index (κ2) is 5.98. The highest BCUT2D eigenvalue weighted by Crippen LogP contribution is 2.39. The van der Waals surface area contributed by atoms with Gasteiger partial charge < -0.3 is 10.1 Å². The van der Waals surface area contributed by atoms with Crippen LogP contribution in [0.4, 0.5) is 5.69 Å². The first-order valence-electron chi connectivity index (χ1n) is 7.45. The molecule has 1 aliphatic rings. The number of halogens is 1. The van der Waals surface area contributed by atoms with Crippen LogP contribution in [0.5, 0.6) is 11.5 Å². The van der Waals surface area contributed by atoms with Crippen molar-refractivity contribution in [2.75, 3.05) is 11.9 Å². The molecule has 0 fully saturated rings. The van der Waals surface area contributed by atoms with Crippen molar-refractivity contribution in [2.45, 2.75) is 26.2 Å². The molecule has 2 nitrogen and oxygen atoms in total. The smallest absolute Gasteiger partial charge is 0.128 e. The Balaban J connectivity index is 1.89. The van der Waals surface area contributed by atoms with Gasteiger partial charge in [0.15, 0.2) is 0 Å². The summed E-state index contributed by atoms with van der Waals surface area (Å²) in [5.41, 5.74) is 2.59. The highest BCUT2D eigenvalue weighted by atomic mass is 35.5. The van der Waals surface area contributed by atoms with Crippen LogP contribution in [0.2, 0.25) is 5.02 Å². The molecule has 2 aromatic carbocycles. The second-order valence-corrected chi connectivity index (χ2v) is 6.31. The molecule has 0 spiro atoms. The van der Waals surface area contributed by atoms with E-state index in [-0.39, 0.29) is 0 Å². The van der Waals surface area contributed by atoms with E-state index in [0.29, 0.717) is 16.9 Å². The van der Waals surface area contributed by atoms with E-state index in [1.165, 1.54) is 17.7 Å². The SMILES string of the molecule is CC(C)C1CCNc2ccc(Oc3cccc(Cl)c3)cc21. The molecule has 0 saturated heterocycles. The van der Waals surface area contributed by atoms with E-state index in [9.17, 15) is 0 Å². The average Bonchev–Trinajstić information content (AvgIpc) is 2.46. The van der Waals surface area contributed by atoms with Gasteiger partial charge in [-0.2, -0.15) is 0 Å². The van der Waals surface area contributed by atoms with Crippen molar-refractivity contribution >= 4 is 17.3 Å². The van der Waals surface area contributed by atoms with Crippen molar-refractivity contribution in [1.29, 1.82) is 0 Å². The lowest BCUT2D eigenvalue weighted by atomic mass is 9.82. The van der Waals surface area contributed by atoms with Crippen molar-refractivity contribution in [1.82, 2.24) is 0 Å². The van der Waals surface area contributed by atoms with Gasteiger partial charge in [0.05, 0.1) is 0 Å². The number of rotatable bonds is 3. The molecule has 3 heteroatoms. The lowest BCUT2D eigenvalue weighted by Gasteiger charge is -2.29. The summed E-state index contributed by atoms with van der Waals surface area (Å²) >= 11 is 6.00. The fourth-order valence-electron chi connectivity index (χ4n) is 2.95. The highest BCUT2D eigenvalue weighted by Gasteiger charge is 2.23. The van der Waals surface area contributed by atoms with Gasteiger partial charge >= 0.3 is 0 Å². The zero-order valence-electron chi connectivity index (χ0n) is 12.4. The summed E-state index contributed by atoms with van der Waals surface area (Å²) in [5.74, 6) is 2.86. The molecular formula is C18H20ClNO. The first kappa shape index (κ1) is 14.3. The van der Waals surface area contributed by atoms with Crippen molar-refractivity contribution in [2.24, 2.45) is 5.92 Å². The fourth-order valence-corrected chi connectivity index (χ4v) is 3.13. The Morgan fingerprint density at radius 2 is 1.95 bits per heavy atom. The first-order valence-corrected chi connectivity index (χ1v) is 7.82. The lowest BCUT2D eigenvalue weighted by Crippen LogP contribution is -2.20. The van der Waals surface area contributed by atoms with Crippen LogP contribution in [0.1, 0.15) is 31.7 Å². The Bertz CT molecular complexity index is 639. The zero-order valence-corrected chi connectivity index (χ0v) is 13.2. The molecule has 3 rings (SSSR count). The standard InChI is InChI=1S/C18H20ClNO/c1-12(2)16-8-9-20-18-7-6-15(11-17(16)18)21-14-5-3-4-13(19)10-14/h3-7,10-12,16,20H,8-9H2,1-2H3. The number of fused-ring (bicyclic) bond motifs is 1. The molecule has 1 aliphatic heterocycles. The van der Waals surface area contributed by atoms with Crippen molar-refractivity contribution in [3.05, 3.63) is 53.1 Å². The highest BCUT2D eigenvalue weighted by molar-refractivity contribution is 6.30. The molecule has 0 saturated carbocycles. The van der Waals surface area contributed by atoms with E-state index >= 15 is 0 Å². The number of hydrogen-bond acceptors (Lipinski definition) is 2. The third-order valence-electron chi connectivity index (χ3n) is 4.03. The van der Waals surface area contributed by atoms with Crippen molar-refractivity contribution in [3.63, 3.8) is 0 Å². The first-order chi connectivity index (χ1) is 10.1. The van der Waals surface area contributed by atoms with E-state index in [0.717, 1.165) is 18.0 Å². The summed E-state index contributed by atoms with van der Waals surface area (Å²) in [6.07, 6.45) is 1.17. The van der Waals surface area contributed by atoms with Crippen molar-refractivity contribution in [3.8, 4) is 11.5 Å². The Morgan fingerprint density at radius 1 is 1.14 bits per heavy atom. The summed E-state index contributed by atoms with van der Waals surface area (Å²) < 4.78 is 5.94. The number of benzene rings is 2. The zero-order chi connectivity index (χ0) is 14.8. The molecule has 0 radical (unpaired) electrons. The maximum atomic E-state index is 6.00. The third kappa shape index (κ3) is 3.16. The summed E-state index contributed by atoms with van der Waals surface area (Å²) in [6, 6.07) is 13.8. The second-order valence-electron chi connectivity index (χ2n) is 5.87. The minimum atomic E-state index is 0.587. The van der Waals surface area contributed by atoms with E-state index < -0.39 is 0 Å². The number of nitrogens with one attached hydrogen (secondary N) is 1. The average molecular weight is 302 g/mol. The Hall–Kier alpha value is -1.67. The van der Waals surface area contributed by atoms with Gasteiger partial charge in [0.1, 0.15) is 11.5 Å². The summed E-state index contributed by atoms with van der Waals surface area (Å²) in [6.45, 7) is 5.61. The van der Waals surface area contributed by atoms with Crippen LogP contribution in [-0.2, 0) is 0 Å².